The lowest BCUT2D eigenvalue weighted by Crippen LogP contribution is -2.47. The van der Waals surface area contributed by atoms with Gasteiger partial charge >= 0.3 is 0 Å². The zero-order valence-electron chi connectivity index (χ0n) is 16.3. The van der Waals surface area contributed by atoms with Gasteiger partial charge in [0, 0.05) is 38.9 Å². The molecule has 1 aromatic rings. The van der Waals surface area contributed by atoms with E-state index in [0.717, 1.165) is 12.1 Å². The summed E-state index contributed by atoms with van der Waals surface area (Å²) in [5.41, 5.74) is 1.32. The fourth-order valence-corrected chi connectivity index (χ4v) is 5.56. The van der Waals surface area contributed by atoms with Crippen LogP contribution in [-0.2, 0) is 16.9 Å². The van der Waals surface area contributed by atoms with E-state index in [-0.39, 0.29) is 41.9 Å². The van der Waals surface area contributed by atoms with Crippen LogP contribution in [0.3, 0.4) is 0 Å². The van der Waals surface area contributed by atoms with Crippen molar-refractivity contribution in [1.82, 2.24) is 19.6 Å². The molecule has 0 aromatic carbocycles. The highest BCUT2D eigenvalue weighted by Gasteiger charge is 2.44. The summed E-state index contributed by atoms with van der Waals surface area (Å²) >= 11 is 0. The van der Waals surface area contributed by atoms with Crippen molar-refractivity contribution in [2.24, 2.45) is 18.9 Å². The number of sulfone groups is 1. The summed E-state index contributed by atoms with van der Waals surface area (Å²) in [4.78, 5) is 16.9. The minimum absolute atomic E-state index is 0.0924. The van der Waals surface area contributed by atoms with Crippen LogP contribution in [0, 0.1) is 18.8 Å². The van der Waals surface area contributed by atoms with Crippen molar-refractivity contribution in [3.8, 4) is 0 Å². The Labute approximate surface area is 161 Å². The van der Waals surface area contributed by atoms with Crippen molar-refractivity contribution in [2.75, 3.05) is 44.3 Å². The van der Waals surface area contributed by atoms with Gasteiger partial charge in [0.1, 0.15) is 0 Å². The average Bonchev–Trinajstić information content (AvgIpc) is 3.16. The summed E-state index contributed by atoms with van der Waals surface area (Å²) in [6.45, 7) is 6.29. The highest BCUT2D eigenvalue weighted by molar-refractivity contribution is 7.91. The second kappa shape index (κ2) is 7.89. The second-order valence-electron chi connectivity index (χ2n) is 7.79. The third-order valence-electron chi connectivity index (χ3n) is 6.14. The van der Waals surface area contributed by atoms with Crippen molar-refractivity contribution in [2.45, 2.75) is 26.3 Å². The molecular formula is C18H30N4O4S. The van der Waals surface area contributed by atoms with Crippen LogP contribution in [0.2, 0.25) is 0 Å². The molecule has 9 heteroatoms. The molecule has 8 nitrogen and oxygen atoms in total. The largest absolute Gasteiger partial charge is 0.394 e. The van der Waals surface area contributed by atoms with Gasteiger partial charge in [-0.3, -0.25) is 9.48 Å². The first-order valence-corrected chi connectivity index (χ1v) is 11.4. The molecular weight excluding hydrogens is 368 g/mol. The Kier molecular flexibility index (Phi) is 5.93. The summed E-state index contributed by atoms with van der Waals surface area (Å²) in [5.74, 6) is 0.663. The predicted octanol–water partition coefficient (Wildman–Crippen LogP) is -0.0820. The van der Waals surface area contributed by atoms with E-state index in [1.54, 1.807) is 15.6 Å². The fourth-order valence-electron chi connectivity index (χ4n) is 4.28. The molecule has 3 heterocycles. The summed E-state index contributed by atoms with van der Waals surface area (Å²) in [7, 11) is -1.11. The minimum atomic E-state index is -2.92. The van der Waals surface area contributed by atoms with Gasteiger partial charge in [0.25, 0.3) is 5.91 Å². The third kappa shape index (κ3) is 4.20. The molecule has 3 rings (SSSR count). The van der Waals surface area contributed by atoms with Gasteiger partial charge in [-0.1, -0.05) is 13.3 Å². The second-order valence-corrected chi connectivity index (χ2v) is 10.1. The van der Waals surface area contributed by atoms with Crippen molar-refractivity contribution in [3.63, 3.8) is 0 Å². The molecule has 2 aliphatic rings. The van der Waals surface area contributed by atoms with E-state index in [1.165, 1.54) is 0 Å². The molecule has 2 aliphatic heterocycles. The molecule has 0 spiro atoms. The van der Waals surface area contributed by atoms with Gasteiger partial charge in [-0.2, -0.15) is 5.10 Å². The van der Waals surface area contributed by atoms with Crippen LogP contribution >= 0.6 is 0 Å². The Balaban J connectivity index is 1.75. The number of aliphatic hydroxyl groups is 1. The molecule has 0 unspecified atom stereocenters. The number of nitrogens with zero attached hydrogens (tertiary/aromatic N) is 4. The monoisotopic (exact) mass is 398 g/mol. The lowest BCUT2D eigenvalue weighted by molar-refractivity contribution is 0.0612. The van der Waals surface area contributed by atoms with E-state index in [4.69, 9.17) is 0 Å². The molecule has 2 fully saturated rings. The lowest BCUT2D eigenvalue weighted by atomic mass is 9.88. The van der Waals surface area contributed by atoms with Gasteiger partial charge in [-0.15, -0.1) is 0 Å². The van der Waals surface area contributed by atoms with Crippen LogP contribution in [0.5, 0.6) is 0 Å². The highest BCUT2D eigenvalue weighted by atomic mass is 32.2. The fraction of sp³-hybridized carbons (Fsp3) is 0.778. The van der Waals surface area contributed by atoms with Gasteiger partial charge < -0.3 is 14.9 Å². The standard InChI is InChI=1S/C18H30N4O4S/c1-4-14-10-22(18(24)16-9-13(2)20(3)19-16)17(12-23)15(14)11-21-5-7-27(25,26)8-6-21/h9,14-15,17,23H,4-8,10-12H2,1-3H3/t14-,15-,17-/m1/s1. The number of hydrogen-bond acceptors (Lipinski definition) is 6. The summed E-state index contributed by atoms with van der Waals surface area (Å²) in [6, 6.07) is 1.52. The normalized spacial score (nSPS) is 28.6. The molecule has 0 bridgehead atoms. The number of likely N-dealkylation sites (tertiary alicyclic amines) is 1. The van der Waals surface area contributed by atoms with Crippen LogP contribution < -0.4 is 0 Å². The van der Waals surface area contributed by atoms with Crippen molar-refractivity contribution in [3.05, 3.63) is 17.5 Å². The van der Waals surface area contributed by atoms with E-state index < -0.39 is 9.84 Å². The van der Waals surface area contributed by atoms with Gasteiger partial charge in [0.15, 0.2) is 15.5 Å². The zero-order valence-corrected chi connectivity index (χ0v) is 17.2. The molecule has 152 valence electrons. The Morgan fingerprint density at radius 2 is 2.00 bits per heavy atom. The number of carbonyl (C=O) groups excluding carboxylic acids is 1. The maximum Gasteiger partial charge on any atom is 0.274 e. The van der Waals surface area contributed by atoms with E-state index in [0.29, 0.717) is 31.9 Å². The lowest BCUT2D eigenvalue weighted by Gasteiger charge is -2.33. The summed E-state index contributed by atoms with van der Waals surface area (Å²) in [5, 5.41) is 14.4. The van der Waals surface area contributed by atoms with E-state index >= 15 is 0 Å². The SMILES string of the molecule is CC[C@@H]1CN(C(=O)c2cc(C)n(C)n2)[C@H](CO)[C@@H]1CN1CCS(=O)(=O)CC1. The minimum Gasteiger partial charge on any atom is -0.394 e. The van der Waals surface area contributed by atoms with Crippen LogP contribution in [0.25, 0.3) is 0 Å². The zero-order chi connectivity index (χ0) is 19.8. The number of rotatable bonds is 5. The van der Waals surface area contributed by atoms with Crippen LogP contribution in [-0.4, -0.2) is 89.3 Å². The van der Waals surface area contributed by atoms with Crippen LogP contribution in [0.4, 0.5) is 0 Å². The molecule has 1 amide bonds. The van der Waals surface area contributed by atoms with E-state index in [2.05, 4.69) is 16.9 Å². The van der Waals surface area contributed by atoms with Crippen LogP contribution in [0.15, 0.2) is 6.07 Å². The van der Waals surface area contributed by atoms with Gasteiger partial charge in [0.2, 0.25) is 0 Å². The van der Waals surface area contributed by atoms with Crippen molar-refractivity contribution in [1.29, 1.82) is 0 Å². The molecule has 2 saturated heterocycles. The number of aromatic nitrogens is 2. The topological polar surface area (TPSA) is 95.7 Å². The number of amides is 1. The molecule has 1 aromatic heterocycles. The molecule has 0 saturated carbocycles. The first-order valence-electron chi connectivity index (χ1n) is 9.61. The maximum atomic E-state index is 13.0. The number of aliphatic hydroxyl groups excluding tert-OH is 1. The molecule has 27 heavy (non-hydrogen) atoms. The molecule has 0 radical (unpaired) electrons. The number of aryl methyl sites for hydroxylation is 2. The van der Waals surface area contributed by atoms with E-state index in [9.17, 15) is 18.3 Å². The number of hydrogen-bond donors (Lipinski definition) is 1. The van der Waals surface area contributed by atoms with Crippen LogP contribution in [0.1, 0.15) is 29.5 Å². The average molecular weight is 399 g/mol. The quantitative estimate of drug-likeness (QED) is 0.745. The Hall–Kier alpha value is -1.45. The third-order valence-corrected chi connectivity index (χ3v) is 7.75. The Bertz CT molecular complexity index is 758. The molecule has 3 atom stereocenters. The summed E-state index contributed by atoms with van der Waals surface area (Å²) < 4.78 is 25.0. The smallest absolute Gasteiger partial charge is 0.274 e. The first kappa shape index (κ1) is 20.3. The molecule has 0 aliphatic carbocycles. The van der Waals surface area contributed by atoms with Gasteiger partial charge in [-0.05, 0) is 24.8 Å². The highest BCUT2D eigenvalue weighted by Crippen LogP contribution is 2.34. The predicted molar refractivity (Wildman–Crippen MR) is 102 cm³/mol. The Morgan fingerprint density at radius 3 is 2.52 bits per heavy atom. The summed E-state index contributed by atoms with van der Waals surface area (Å²) in [6.07, 6.45) is 0.915. The van der Waals surface area contributed by atoms with E-state index in [1.807, 2.05) is 14.0 Å². The molecule has 1 N–H and O–H groups in total. The van der Waals surface area contributed by atoms with Gasteiger partial charge in [0.05, 0.1) is 24.2 Å². The maximum absolute atomic E-state index is 13.0. The number of carbonyl (C=O) groups is 1. The Morgan fingerprint density at radius 1 is 1.33 bits per heavy atom. The van der Waals surface area contributed by atoms with Gasteiger partial charge in [-0.25, -0.2) is 8.42 Å². The van der Waals surface area contributed by atoms with Crippen molar-refractivity contribution >= 4 is 15.7 Å². The first-order chi connectivity index (χ1) is 12.8. The van der Waals surface area contributed by atoms with Crippen molar-refractivity contribution < 1.29 is 18.3 Å².